The number of rotatable bonds is 2. The second-order valence-electron chi connectivity index (χ2n) is 2.42. The molecule has 4 nitrogen and oxygen atoms in total. The van der Waals surface area contributed by atoms with Gasteiger partial charge in [0.2, 0.25) is 0 Å². The third-order valence-electron chi connectivity index (χ3n) is 0.925. The third-order valence-corrected chi connectivity index (χ3v) is 0.925. The van der Waals surface area contributed by atoms with Gasteiger partial charge < -0.3 is 9.47 Å². The quantitative estimate of drug-likeness (QED) is 0.367. The van der Waals surface area contributed by atoms with Crippen LogP contribution in [-0.2, 0) is 19.1 Å². The monoisotopic (exact) mass is 184 g/mol. The summed E-state index contributed by atoms with van der Waals surface area (Å²) < 4.78 is 8.78. The van der Waals surface area contributed by atoms with Gasteiger partial charge in [-0.15, -0.1) is 0 Å². The first-order valence-electron chi connectivity index (χ1n) is 3.76. The summed E-state index contributed by atoms with van der Waals surface area (Å²) in [5.74, 6) is -1.16. The lowest BCUT2D eigenvalue weighted by atomic mass is 10.5. The summed E-state index contributed by atoms with van der Waals surface area (Å²) in [5.41, 5.74) is 0. The summed E-state index contributed by atoms with van der Waals surface area (Å²) in [6.45, 7) is 7.30. The first-order valence-corrected chi connectivity index (χ1v) is 3.76. The standard InChI is InChI=1S/C5H10O.C4H2O3/c1-4-6-5(2)3;5-3-1-2-4(6)7-3/h4-5H,1H2,2-3H3;1-2H. The fraction of sp³-hybridized carbons (Fsp3) is 0.333. The van der Waals surface area contributed by atoms with Gasteiger partial charge in [-0.05, 0) is 13.8 Å². The highest BCUT2D eigenvalue weighted by atomic mass is 16.6. The minimum Gasteiger partial charge on any atom is -0.499 e. The molecule has 1 rings (SSSR count). The molecule has 0 fully saturated rings. The average Bonchev–Trinajstić information content (AvgIpc) is 2.35. The normalized spacial score (nSPS) is 13.5. The molecule has 0 aromatic carbocycles. The van der Waals surface area contributed by atoms with Crippen molar-refractivity contribution in [2.75, 3.05) is 0 Å². The third kappa shape index (κ3) is 6.80. The van der Waals surface area contributed by atoms with Crippen LogP contribution in [0.3, 0.4) is 0 Å². The van der Waals surface area contributed by atoms with E-state index < -0.39 is 11.9 Å². The van der Waals surface area contributed by atoms with Crippen LogP contribution in [0.2, 0.25) is 0 Å². The predicted octanol–water partition coefficient (Wildman–Crippen LogP) is 1.18. The summed E-state index contributed by atoms with van der Waals surface area (Å²) in [6, 6.07) is 0. The first kappa shape index (κ1) is 11.4. The van der Waals surface area contributed by atoms with Crippen molar-refractivity contribution in [1.29, 1.82) is 0 Å². The van der Waals surface area contributed by atoms with Crippen molar-refractivity contribution in [2.45, 2.75) is 20.0 Å². The lowest BCUT2D eigenvalue weighted by Crippen LogP contribution is -1.96. The molecule has 0 saturated carbocycles. The van der Waals surface area contributed by atoms with Gasteiger partial charge in [0.15, 0.2) is 0 Å². The second kappa shape index (κ2) is 5.99. The molecule has 1 aliphatic heterocycles. The summed E-state index contributed by atoms with van der Waals surface area (Å²) in [4.78, 5) is 19.8. The Bertz CT molecular complexity index is 212. The molecule has 0 N–H and O–H groups in total. The van der Waals surface area contributed by atoms with E-state index in [0.29, 0.717) is 0 Å². The fourth-order valence-corrected chi connectivity index (χ4v) is 0.496. The Kier molecular flexibility index (Phi) is 5.27. The van der Waals surface area contributed by atoms with Crippen molar-refractivity contribution >= 4 is 11.9 Å². The highest BCUT2D eigenvalue weighted by Gasteiger charge is 2.10. The first-order chi connectivity index (χ1) is 6.06. The van der Waals surface area contributed by atoms with Gasteiger partial charge in [-0.25, -0.2) is 9.59 Å². The number of esters is 2. The van der Waals surface area contributed by atoms with Crippen LogP contribution in [0.5, 0.6) is 0 Å². The van der Waals surface area contributed by atoms with E-state index in [9.17, 15) is 9.59 Å². The van der Waals surface area contributed by atoms with Crippen LogP contribution in [-0.4, -0.2) is 18.0 Å². The molecule has 0 amide bonds. The molecule has 0 atom stereocenters. The van der Waals surface area contributed by atoms with Crippen LogP contribution in [0.25, 0.3) is 0 Å². The van der Waals surface area contributed by atoms with Gasteiger partial charge in [-0.1, -0.05) is 6.58 Å². The smallest absolute Gasteiger partial charge is 0.338 e. The molecule has 0 saturated heterocycles. The van der Waals surface area contributed by atoms with E-state index >= 15 is 0 Å². The molecule has 0 spiro atoms. The Morgan fingerprint density at radius 1 is 1.38 bits per heavy atom. The maximum absolute atomic E-state index is 9.92. The van der Waals surface area contributed by atoms with Crippen molar-refractivity contribution in [2.24, 2.45) is 0 Å². The van der Waals surface area contributed by atoms with E-state index in [0.717, 1.165) is 12.2 Å². The second-order valence-corrected chi connectivity index (χ2v) is 2.42. The van der Waals surface area contributed by atoms with Crippen molar-refractivity contribution in [3.63, 3.8) is 0 Å². The van der Waals surface area contributed by atoms with Crippen LogP contribution >= 0.6 is 0 Å². The van der Waals surface area contributed by atoms with E-state index in [4.69, 9.17) is 4.74 Å². The topological polar surface area (TPSA) is 52.6 Å². The Hall–Kier alpha value is -1.58. The van der Waals surface area contributed by atoms with E-state index in [1.165, 1.54) is 6.26 Å². The van der Waals surface area contributed by atoms with Gasteiger partial charge in [0.1, 0.15) is 0 Å². The van der Waals surface area contributed by atoms with E-state index in [1.54, 1.807) is 0 Å². The lowest BCUT2D eigenvalue weighted by molar-refractivity contribution is -0.150. The van der Waals surface area contributed by atoms with Crippen LogP contribution in [0, 0.1) is 0 Å². The number of hydrogen-bond acceptors (Lipinski definition) is 4. The molecule has 4 heteroatoms. The highest BCUT2D eigenvalue weighted by Crippen LogP contribution is 1.92. The fourth-order valence-electron chi connectivity index (χ4n) is 0.496. The minimum atomic E-state index is -0.579. The molecule has 0 aliphatic carbocycles. The summed E-state index contributed by atoms with van der Waals surface area (Å²) >= 11 is 0. The molecular weight excluding hydrogens is 172 g/mol. The molecule has 0 radical (unpaired) electrons. The van der Waals surface area contributed by atoms with Gasteiger partial charge in [-0.3, -0.25) is 0 Å². The Labute approximate surface area is 76.8 Å². The Balaban J connectivity index is 0.000000226. The highest BCUT2D eigenvalue weighted by molar-refractivity contribution is 6.04. The maximum atomic E-state index is 9.92. The molecule has 72 valence electrons. The molecule has 0 aromatic heterocycles. The van der Waals surface area contributed by atoms with Crippen LogP contribution in [0.4, 0.5) is 0 Å². The maximum Gasteiger partial charge on any atom is 0.338 e. The average molecular weight is 184 g/mol. The van der Waals surface area contributed by atoms with Crippen molar-refractivity contribution in [1.82, 2.24) is 0 Å². The van der Waals surface area contributed by atoms with Crippen molar-refractivity contribution in [3.8, 4) is 0 Å². The summed E-state index contributed by atoms with van der Waals surface area (Å²) in [5, 5.41) is 0. The number of carbonyl (C=O) groups is 2. The number of carbonyl (C=O) groups excluding carboxylic acids is 2. The molecular formula is C9H12O4. The van der Waals surface area contributed by atoms with Gasteiger partial charge >= 0.3 is 11.9 Å². The number of hydrogen-bond donors (Lipinski definition) is 0. The van der Waals surface area contributed by atoms with E-state index in [1.807, 2.05) is 13.8 Å². The predicted molar refractivity (Wildman–Crippen MR) is 46.7 cm³/mol. The zero-order valence-corrected chi connectivity index (χ0v) is 7.65. The zero-order chi connectivity index (χ0) is 10.3. The minimum absolute atomic E-state index is 0.280. The number of ether oxygens (including phenoxy) is 2. The van der Waals surface area contributed by atoms with Gasteiger partial charge in [0.25, 0.3) is 0 Å². The van der Waals surface area contributed by atoms with Gasteiger partial charge in [0, 0.05) is 12.2 Å². The number of cyclic esters (lactones) is 2. The zero-order valence-electron chi connectivity index (χ0n) is 7.65. The van der Waals surface area contributed by atoms with E-state index in [-0.39, 0.29) is 6.10 Å². The largest absolute Gasteiger partial charge is 0.499 e. The van der Waals surface area contributed by atoms with E-state index in [2.05, 4.69) is 11.3 Å². The molecule has 1 heterocycles. The SMILES string of the molecule is C=COC(C)C.O=C1C=CC(=O)O1. The summed E-state index contributed by atoms with van der Waals surface area (Å²) in [6.07, 6.45) is 3.90. The lowest BCUT2D eigenvalue weighted by Gasteiger charge is -1.99. The Morgan fingerprint density at radius 2 is 1.85 bits per heavy atom. The van der Waals surface area contributed by atoms with Gasteiger partial charge in [0.05, 0.1) is 12.4 Å². The van der Waals surface area contributed by atoms with Gasteiger partial charge in [-0.2, -0.15) is 0 Å². The molecule has 1 aliphatic rings. The van der Waals surface area contributed by atoms with Crippen molar-refractivity contribution in [3.05, 3.63) is 25.0 Å². The van der Waals surface area contributed by atoms with Crippen molar-refractivity contribution < 1.29 is 19.1 Å². The molecule has 13 heavy (non-hydrogen) atoms. The summed E-state index contributed by atoms with van der Waals surface area (Å²) in [7, 11) is 0. The van der Waals surface area contributed by atoms with Crippen LogP contribution in [0.15, 0.2) is 25.0 Å². The molecule has 0 unspecified atom stereocenters. The van der Waals surface area contributed by atoms with Crippen LogP contribution < -0.4 is 0 Å². The van der Waals surface area contributed by atoms with Crippen LogP contribution in [0.1, 0.15) is 13.8 Å². The molecule has 0 bridgehead atoms. The Morgan fingerprint density at radius 3 is 1.92 bits per heavy atom. The molecule has 0 aromatic rings.